The van der Waals surface area contributed by atoms with Crippen LogP contribution in [-0.4, -0.2) is 6.73 Å². The Bertz CT molecular complexity index is 612. The van der Waals surface area contributed by atoms with E-state index in [0.29, 0.717) is 6.73 Å². The molecule has 0 fully saturated rings. The molecule has 0 spiro atoms. The smallest absolute Gasteiger partial charge is 0.211 e. The summed E-state index contributed by atoms with van der Waals surface area (Å²) in [6.45, 7) is 3.67. The summed E-state index contributed by atoms with van der Waals surface area (Å²) in [5.41, 5.74) is 4.16. The van der Waals surface area contributed by atoms with Crippen LogP contribution in [0.4, 0.5) is 22.7 Å². The molecule has 4 rings (SSSR count). The Labute approximate surface area is 105 Å². The molecule has 0 bridgehead atoms. The topological polar surface area (TPSA) is 36.5 Å². The van der Waals surface area contributed by atoms with Gasteiger partial charge < -0.3 is 20.3 Å². The second kappa shape index (κ2) is 3.57. The van der Waals surface area contributed by atoms with E-state index in [0.717, 1.165) is 28.5 Å². The Hall–Kier alpha value is -2.36. The van der Waals surface area contributed by atoms with Gasteiger partial charge in [0, 0.05) is 0 Å². The average Bonchev–Trinajstić information content (AvgIpc) is 3.05. The van der Waals surface area contributed by atoms with Gasteiger partial charge in [-0.15, -0.1) is 0 Å². The van der Waals surface area contributed by atoms with E-state index in [2.05, 4.69) is 23.4 Å². The summed E-state index contributed by atoms with van der Waals surface area (Å²) in [4.78, 5) is 1.99. The predicted octanol–water partition coefficient (Wildman–Crippen LogP) is 3.01. The van der Waals surface area contributed by atoms with Gasteiger partial charge in [-0.25, -0.2) is 0 Å². The number of anilines is 4. The van der Waals surface area contributed by atoms with E-state index in [4.69, 9.17) is 4.74 Å². The number of para-hydroxylation sites is 3. The zero-order valence-corrected chi connectivity index (χ0v) is 9.60. The van der Waals surface area contributed by atoms with Crippen molar-refractivity contribution in [1.29, 1.82) is 0 Å². The van der Waals surface area contributed by atoms with Gasteiger partial charge in [-0.2, -0.15) is 0 Å². The quantitative estimate of drug-likeness (QED) is 0.799. The Morgan fingerprint density at radius 1 is 1.00 bits per heavy atom. The van der Waals surface area contributed by atoms with E-state index >= 15 is 0 Å². The van der Waals surface area contributed by atoms with Crippen LogP contribution in [0.15, 0.2) is 42.5 Å². The van der Waals surface area contributed by atoms with Gasteiger partial charge in [0.1, 0.15) is 0 Å². The van der Waals surface area contributed by atoms with Crippen LogP contribution in [0.1, 0.15) is 0 Å². The molecular weight excluding hydrogens is 226 g/mol. The summed E-state index contributed by atoms with van der Waals surface area (Å²) < 4.78 is 5.64. The third kappa shape index (κ3) is 1.26. The summed E-state index contributed by atoms with van der Waals surface area (Å²) in [5, 5.41) is 6.33. The van der Waals surface area contributed by atoms with Crippen LogP contribution in [-0.2, 0) is 0 Å². The van der Waals surface area contributed by atoms with Gasteiger partial charge in [-0.3, -0.25) is 0 Å². The fourth-order valence-corrected chi connectivity index (χ4v) is 2.32. The Balaban J connectivity index is 1.84. The molecule has 2 aromatic carbocycles. The van der Waals surface area contributed by atoms with Crippen molar-refractivity contribution >= 4 is 22.7 Å². The molecule has 2 heterocycles. The molecular formula is C14H11N3O. The van der Waals surface area contributed by atoms with Crippen molar-refractivity contribution in [2.45, 2.75) is 0 Å². The number of fused-ring (bicyclic) bond motifs is 2. The number of hydrogen-bond acceptors (Lipinski definition) is 4. The fourth-order valence-electron chi connectivity index (χ4n) is 2.32. The first-order valence-corrected chi connectivity index (χ1v) is 5.84. The van der Waals surface area contributed by atoms with E-state index in [1.807, 2.05) is 41.3 Å². The molecule has 0 saturated heterocycles. The molecule has 18 heavy (non-hydrogen) atoms. The molecule has 0 aromatic heterocycles. The molecule has 0 saturated carbocycles. The molecule has 0 amide bonds. The van der Waals surface area contributed by atoms with Gasteiger partial charge in [0.15, 0.2) is 12.5 Å². The van der Waals surface area contributed by atoms with Crippen molar-refractivity contribution in [2.24, 2.45) is 0 Å². The monoisotopic (exact) mass is 237 g/mol. The lowest BCUT2D eigenvalue weighted by Gasteiger charge is -2.18. The molecule has 0 aliphatic carbocycles. The minimum atomic E-state index is 0.523. The summed E-state index contributed by atoms with van der Waals surface area (Å²) >= 11 is 0. The van der Waals surface area contributed by atoms with Gasteiger partial charge >= 0.3 is 0 Å². The summed E-state index contributed by atoms with van der Waals surface area (Å²) in [7, 11) is 0. The third-order valence-electron chi connectivity index (χ3n) is 3.16. The van der Waals surface area contributed by atoms with Gasteiger partial charge in [0.2, 0.25) is 6.67 Å². The number of nitrogens with zero attached hydrogens (tertiary/aromatic N) is 1. The molecule has 2 aliphatic rings. The van der Waals surface area contributed by atoms with Gasteiger partial charge in [0.05, 0.1) is 22.7 Å². The van der Waals surface area contributed by atoms with Crippen LogP contribution in [0.25, 0.3) is 0 Å². The summed E-state index contributed by atoms with van der Waals surface area (Å²) in [6, 6.07) is 14.2. The first-order valence-electron chi connectivity index (χ1n) is 5.84. The average molecular weight is 237 g/mol. The summed E-state index contributed by atoms with van der Waals surface area (Å²) in [5.74, 6) is 0.878. The molecule has 2 aliphatic heterocycles. The minimum absolute atomic E-state index is 0.523. The predicted molar refractivity (Wildman–Crippen MR) is 71.0 cm³/mol. The van der Waals surface area contributed by atoms with Gasteiger partial charge in [-0.1, -0.05) is 18.2 Å². The first kappa shape index (κ1) is 9.65. The highest BCUT2D eigenvalue weighted by atomic mass is 16.5. The van der Waals surface area contributed by atoms with E-state index in [1.165, 1.54) is 0 Å². The van der Waals surface area contributed by atoms with Crippen molar-refractivity contribution < 1.29 is 4.74 Å². The van der Waals surface area contributed by atoms with Crippen molar-refractivity contribution in [1.82, 2.24) is 0 Å². The molecule has 2 aromatic rings. The molecule has 4 nitrogen and oxygen atoms in total. The minimum Gasteiger partial charge on any atom is -0.469 e. The Morgan fingerprint density at radius 2 is 1.83 bits per heavy atom. The van der Waals surface area contributed by atoms with Crippen LogP contribution in [0.2, 0.25) is 0 Å². The van der Waals surface area contributed by atoms with E-state index in [9.17, 15) is 0 Å². The van der Waals surface area contributed by atoms with Crippen molar-refractivity contribution in [2.75, 3.05) is 22.3 Å². The molecule has 2 N–H and O–H groups in total. The van der Waals surface area contributed by atoms with Crippen LogP contribution in [0.3, 0.4) is 0 Å². The highest BCUT2D eigenvalue weighted by Crippen LogP contribution is 2.46. The number of hydrogen-bond donors (Lipinski definition) is 2. The van der Waals surface area contributed by atoms with Crippen LogP contribution >= 0.6 is 0 Å². The maximum absolute atomic E-state index is 5.64. The number of benzene rings is 2. The lowest BCUT2D eigenvalue weighted by Crippen LogP contribution is -2.11. The van der Waals surface area contributed by atoms with E-state index in [-0.39, 0.29) is 0 Å². The van der Waals surface area contributed by atoms with Crippen molar-refractivity contribution in [3.8, 4) is 5.75 Å². The van der Waals surface area contributed by atoms with Crippen LogP contribution in [0.5, 0.6) is 5.75 Å². The zero-order chi connectivity index (χ0) is 11.9. The SMILES string of the molecule is [C]1Nc2ccccc2N1c1cccc2c1OCN2. The second-order valence-electron chi connectivity index (χ2n) is 4.21. The number of ether oxygens (including phenoxy) is 1. The van der Waals surface area contributed by atoms with E-state index in [1.54, 1.807) is 0 Å². The lowest BCUT2D eigenvalue weighted by atomic mass is 10.2. The molecule has 2 radical (unpaired) electrons. The number of nitrogens with one attached hydrogen (secondary N) is 2. The lowest BCUT2D eigenvalue weighted by molar-refractivity contribution is 0.373. The molecule has 0 atom stereocenters. The zero-order valence-electron chi connectivity index (χ0n) is 9.60. The Morgan fingerprint density at radius 3 is 2.83 bits per heavy atom. The first-order chi connectivity index (χ1) is 8.93. The third-order valence-corrected chi connectivity index (χ3v) is 3.16. The van der Waals surface area contributed by atoms with Crippen LogP contribution in [0, 0.1) is 6.67 Å². The standard InChI is InChI=1S/C14H11N3O/c1-2-6-12-10(4-1)15-8-17(12)13-7-3-5-11-14(13)18-9-16-11/h1-7,15-16H,9H2. The van der Waals surface area contributed by atoms with Crippen molar-refractivity contribution in [3.63, 3.8) is 0 Å². The maximum atomic E-state index is 5.64. The fraction of sp³-hybridized carbons (Fsp3) is 0.0714. The normalized spacial score (nSPS) is 15.4. The van der Waals surface area contributed by atoms with Crippen LogP contribution < -0.4 is 20.3 Å². The second-order valence-corrected chi connectivity index (χ2v) is 4.21. The molecule has 4 heteroatoms. The largest absolute Gasteiger partial charge is 0.469 e. The van der Waals surface area contributed by atoms with Gasteiger partial charge in [-0.05, 0) is 24.3 Å². The molecule has 0 unspecified atom stereocenters. The maximum Gasteiger partial charge on any atom is 0.211 e. The highest BCUT2D eigenvalue weighted by Gasteiger charge is 2.26. The van der Waals surface area contributed by atoms with Gasteiger partial charge in [0.25, 0.3) is 0 Å². The molecule has 88 valence electrons. The highest BCUT2D eigenvalue weighted by molar-refractivity contribution is 5.88. The Kier molecular flexibility index (Phi) is 1.91. The summed E-state index contributed by atoms with van der Waals surface area (Å²) in [6.07, 6.45) is 0. The van der Waals surface area contributed by atoms with Crippen molar-refractivity contribution in [3.05, 3.63) is 49.1 Å². The van der Waals surface area contributed by atoms with E-state index < -0.39 is 0 Å². The number of rotatable bonds is 1.